The number of benzene rings is 1. The van der Waals surface area contributed by atoms with Crippen molar-refractivity contribution < 1.29 is 9.90 Å². The highest BCUT2D eigenvalue weighted by molar-refractivity contribution is 5.73. The van der Waals surface area contributed by atoms with Crippen LogP contribution in [0.2, 0.25) is 0 Å². The van der Waals surface area contributed by atoms with Crippen LogP contribution in [0.4, 0.5) is 5.69 Å². The molecule has 2 N–H and O–H groups in total. The van der Waals surface area contributed by atoms with Crippen LogP contribution in [0.1, 0.15) is 11.1 Å². The minimum absolute atomic E-state index is 0.288. The smallest absolute Gasteiger partial charge is 0.308 e. The lowest BCUT2D eigenvalue weighted by molar-refractivity contribution is -0.141. The Morgan fingerprint density at radius 2 is 2.36 bits per heavy atom. The fourth-order valence-corrected chi connectivity index (χ4v) is 1.81. The minimum atomic E-state index is -0.718. The Hall–Kier alpha value is -1.51. The van der Waals surface area contributed by atoms with Crippen molar-refractivity contribution >= 4 is 11.7 Å². The van der Waals surface area contributed by atoms with E-state index >= 15 is 0 Å². The third-order valence-corrected chi connectivity index (χ3v) is 2.62. The van der Waals surface area contributed by atoms with Crippen LogP contribution in [0.25, 0.3) is 0 Å². The van der Waals surface area contributed by atoms with Crippen molar-refractivity contribution in [1.29, 1.82) is 0 Å². The number of carbonyl (C=O) groups is 1. The number of hydrogen-bond donors (Lipinski definition) is 2. The lowest BCUT2D eigenvalue weighted by Crippen LogP contribution is -2.29. The zero-order chi connectivity index (χ0) is 10.1. The van der Waals surface area contributed by atoms with Gasteiger partial charge in [0, 0.05) is 12.2 Å². The molecule has 1 heterocycles. The number of rotatable bonds is 1. The maximum Gasteiger partial charge on any atom is 0.308 e. The Labute approximate surface area is 82.8 Å². The average Bonchev–Trinajstić information content (AvgIpc) is 2.16. The van der Waals surface area contributed by atoms with Crippen LogP contribution in [-0.4, -0.2) is 17.6 Å². The number of carboxylic acid groups (broad SMARTS) is 1. The van der Waals surface area contributed by atoms with E-state index < -0.39 is 5.97 Å². The van der Waals surface area contributed by atoms with E-state index in [4.69, 9.17) is 5.11 Å². The number of fused-ring (bicyclic) bond motifs is 1. The van der Waals surface area contributed by atoms with Gasteiger partial charge < -0.3 is 10.4 Å². The first kappa shape index (κ1) is 9.06. The monoisotopic (exact) mass is 191 g/mol. The molecule has 1 aromatic carbocycles. The van der Waals surface area contributed by atoms with Crippen LogP contribution >= 0.6 is 0 Å². The molecule has 0 saturated carbocycles. The van der Waals surface area contributed by atoms with Crippen molar-refractivity contribution in [3.8, 4) is 0 Å². The van der Waals surface area contributed by atoms with Crippen molar-refractivity contribution in [2.24, 2.45) is 5.92 Å². The molecule has 0 spiro atoms. The summed E-state index contributed by atoms with van der Waals surface area (Å²) in [4.78, 5) is 10.8. The molecule has 2 rings (SSSR count). The maximum absolute atomic E-state index is 10.8. The third-order valence-electron chi connectivity index (χ3n) is 2.62. The van der Waals surface area contributed by atoms with E-state index in [-0.39, 0.29) is 5.92 Å². The fraction of sp³-hybridized carbons (Fsp3) is 0.364. The molecule has 0 amide bonds. The molecule has 0 aromatic heterocycles. The fourth-order valence-electron chi connectivity index (χ4n) is 1.81. The van der Waals surface area contributed by atoms with E-state index in [1.165, 1.54) is 5.56 Å². The molecule has 1 aliphatic heterocycles. The molecule has 74 valence electrons. The van der Waals surface area contributed by atoms with Gasteiger partial charge in [0.25, 0.3) is 0 Å². The highest BCUT2D eigenvalue weighted by Gasteiger charge is 2.23. The summed E-state index contributed by atoms with van der Waals surface area (Å²) >= 11 is 0. The van der Waals surface area contributed by atoms with Crippen molar-refractivity contribution in [2.75, 3.05) is 11.9 Å². The van der Waals surface area contributed by atoms with Crippen LogP contribution in [-0.2, 0) is 11.2 Å². The lowest BCUT2D eigenvalue weighted by Gasteiger charge is -2.23. The van der Waals surface area contributed by atoms with Gasteiger partial charge in [0.15, 0.2) is 0 Å². The van der Waals surface area contributed by atoms with E-state index in [0.717, 1.165) is 11.3 Å². The molecule has 0 bridgehead atoms. The molecule has 1 atom stereocenters. The topological polar surface area (TPSA) is 49.3 Å². The van der Waals surface area contributed by atoms with Crippen LogP contribution in [0.5, 0.6) is 0 Å². The number of carboxylic acids is 1. The first-order valence-corrected chi connectivity index (χ1v) is 4.73. The van der Waals surface area contributed by atoms with Gasteiger partial charge in [-0.2, -0.15) is 0 Å². The van der Waals surface area contributed by atoms with E-state index in [0.29, 0.717) is 13.0 Å². The van der Waals surface area contributed by atoms with Gasteiger partial charge in [-0.1, -0.05) is 17.7 Å². The largest absolute Gasteiger partial charge is 0.481 e. The summed E-state index contributed by atoms with van der Waals surface area (Å²) in [6.07, 6.45) is 0.638. The van der Waals surface area contributed by atoms with Gasteiger partial charge in [-0.3, -0.25) is 4.79 Å². The van der Waals surface area contributed by atoms with E-state index in [1.807, 2.05) is 19.1 Å². The molecule has 1 unspecified atom stereocenters. The molecule has 14 heavy (non-hydrogen) atoms. The highest BCUT2D eigenvalue weighted by Crippen LogP contribution is 2.25. The molecule has 3 nitrogen and oxygen atoms in total. The van der Waals surface area contributed by atoms with E-state index in [9.17, 15) is 4.79 Å². The van der Waals surface area contributed by atoms with E-state index in [2.05, 4.69) is 11.4 Å². The second-order valence-corrected chi connectivity index (χ2v) is 3.78. The SMILES string of the molecule is Cc1ccc2c(c1)CC(C(=O)O)CN2. The minimum Gasteiger partial charge on any atom is -0.481 e. The van der Waals surface area contributed by atoms with Gasteiger partial charge in [0.2, 0.25) is 0 Å². The summed E-state index contributed by atoms with van der Waals surface area (Å²) in [5.74, 6) is -1.01. The van der Waals surface area contributed by atoms with Crippen LogP contribution in [0.3, 0.4) is 0 Å². The molecule has 0 saturated heterocycles. The Morgan fingerprint density at radius 1 is 1.57 bits per heavy atom. The summed E-state index contributed by atoms with van der Waals surface area (Å²) in [5.41, 5.74) is 3.37. The zero-order valence-electron chi connectivity index (χ0n) is 8.08. The third kappa shape index (κ3) is 1.58. The molecule has 0 fully saturated rings. The molecular weight excluding hydrogens is 178 g/mol. The molecule has 1 aromatic rings. The summed E-state index contributed by atoms with van der Waals surface area (Å²) in [7, 11) is 0. The van der Waals surface area contributed by atoms with Crippen molar-refractivity contribution in [3.63, 3.8) is 0 Å². The van der Waals surface area contributed by atoms with Crippen molar-refractivity contribution in [3.05, 3.63) is 29.3 Å². The number of aliphatic carboxylic acids is 1. The molecule has 1 aliphatic rings. The molecule has 0 radical (unpaired) electrons. The number of hydrogen-bond acceptors (Lipinski definition) is 2. The quantitative estimate of drug-likeness (QED) is 0.709. The first-order valence-electron chi connectivity index (χ1n) is 4.73. The van der Waals surface area contributed by atoms with Gasteiger partial charge in [-0.05, 0) is 25.0 Å². The van der Waals surface area contributed by atoms with Gasteiger partial charge in [0.05, 0.1) is 5.92 Å². The van der Waals surface area contributed by atoms with Crippen molar-refractivity contribution in [1.82, 2.24) is 0 Å². The number of anilines is 1. The lowest BCUT2D eigenvalue weighted by atomic mass is 9.93. The summed E-state index contributed by atoms with van der Waals surface area (Å²) in [5, 5.41) is 12.0. The second-order valence-electron chi connectivity index (χ2n) is 3.78. The average molecular weight is 191 g/mol. The van der Waals surface area contributed by atoms with E-state index in [1.54, 1.807) is 0 Å². The van der Waals surface area contributed by atoms with Crippen molar-refractivity contribution in [2.45, 2.75) is 13.3 Å². The summed E-state index contributed by atoms with van der Waals surface area (Å²) < 4.78 is 0. The zero-order valence-corrected chi connectivity index (χ0v) is 8.08. The Morgan fingerprint density at radius 3 is 3.07 bits per heavy atom. The maximum atomic E-state index is 10.8. The molecule has 3 heteroatoms. The van der Waals surface area contributed by atoms with Crippen LogP contribution < -0.4 is 5.32 Å². The number of aryl methyl sites for hydroxylation is 1. The summed E-state index contributed by atoms with van der Waals surface area (Å²) in [6, 6.07) is 6.10. The second kappa shape index (κ2) is 3.33. The van der Waals surface area contributed by atoms with Gasteiger partial charge in [-0.25, -0.2) is 0 Å². The van der Waals surface area contributed by atoms with Gasteiger partial charge in [-0.15, -0.1) is 0 Å². The normalized spacial score (nSPS) is 19.6. The van der Waals surface area contributed by atoms with Gasteiger partial charge in [0.1, 0.15) is 0 Å². The number of nitrogens with one attached hydrogen (secondary N) is 1. The Bertz CT molecular complexity index is 374. The molecule has 0 aliphatic carbocycles. The van der Waals surface area contributed by atoms with Crippen LogP contribution in [0.15, 0.2) is 18.2 Å². The summed E-state index contributed by atoms with van der Waals surface area (Å²) in [6.45, 7) is 2.55. The predicted octanol–water partition coefficient (Wildman–Crippen LogP) is 1.66. The first-order chi connectivity index (χ1) is 6.66. The van der Waals surface area contributed by atoms with Crippen LogP contribution in [0, 0.1) is 12.8 Å². The predicted molar refractivity (Wildman–Crippen MR) is 54.5 cm³/mol. The standard InChI is InChI=1S/C11H13NO2/c1-7-2-3-10-8(4-7)5-9(6-12-10)11(13)14/h2-4,9,12H,5-6H2,1H3,(H,13,14). The molecular formula is C11H13NO2. The Kier molecular flexibility index (Phi) is 2.15. The Balaban J connectivity index is 2.29. The highest BCUT2D eigenvalue weighted by atomic mass is 16.4. The van der Waals surface area contributed by atoms with Gasteiger partial charge >= 0.3 is 5.97 Å².